The summed E-state index contributed by atoms with van der Waals surface area (Å²) in [5.74, 6) is 2.33. The molecule has 1 heterocycles. The molecule has 2 aromatic rings. The standard InChI is InChI=1S/C15H16N2O10S2.C10H12N2O6S2.C7H13N3O9S3.C7H13N3O9S2.CH4/c1-2-23-15(18)14(6-10-3-4-12-13(5-10)25-9-24-12)29-28-8-11(27-17(21)22)7-26-16(19)20;13-11(14)17-6-10(18-12(15)16)8-20-19-7-9-4-2-1-3-5-9;1-2-6(18-9(13)14)4-20-22-21-5-7(19-10(15)16)3-17-8(11)12;1-6(2-17-8(11)12)4-20-21-5-7(19-10(15)16)3-18-9(13)14;/h3-6,11H,2,7-9H2,1H3;1-5,10H,6-8H2;6-7H,2-5H2,1H3;6-7H,2-5H2,1H3;1H4/b14-6-;;;;. The van der Waals surface area contributed by atoms with E-state index in [-0.39, 0.29) is 61.3 Å². The maximum absolute atomic E-state index is 12.2. The van der Waals surface area contributed by atoms with Crippen LogP contribution in [-0.4, -0.2) is 168 Å². The zero-order valence-corrected chi connectivity index (χ0v) is 54.6. The van der Waals surface area contributed by atoms with E-state index in [9.17, 15) is 106 Å². The van der Waals surface area contributed by atoms with Crippen molar-refractivity contribution in [3.8, 4) is 11.5 Å². The molecular formula is C40H58N10O34S9. The largest absolute Gasteiger partial charge is 0.462 e. The lowest BCUT2D eigenvalue weighted by Crippen LogP contribution is -2.26. The smallest absolute Gasteiger partial charge is 0.345 e. The molecule has 0 saturated carbocycles. The van der Waals surface area contributed by atoms with Gasteiger partial charge in [0, 0.05) is 40.3 Å². The molecule has 0 fully saturated rings. The molecule has 0 spiro atoms. The Kier molecular flexibility index (Phi) is 50.7. The number of hydrogen-bond acceptors (Lipinski definition) is 43. The first-order valence-electron chi connectivity index (χ1n) is 24.6. The Morgan fingerprint density at radius 3 is 1.30 bits per heavy atom. The summed E-state index contributed by atoms with van der Waals surface area (Å²) in [5, 5.41) is 91.7. The normalized spacial score (nSPS) is 12.7. The van der Waals surface area contributed by atoms with Gasteiger partial charge in [-0.2, -0.15) is 0 Å². The number of esters is 1. The van der Waals surface area contributed by atoms with Gasteiger partial charge < -0.3 is 62.6 Å². The minimum Gasteiger partial charge on any atom is -0.462 e. The van der Waals surface area contributed by atoms with Gasteiger partial charge in [0.2, 0.25) is 6.79 Å². The highest BCUT2D eigenvalue weighted by atomic mass is 33.5. The van der Waals surface area contributed by atoms with E-state index in [4.69, 9.17) is 14.2 Å². The molecule has 53 heteroatoms. The van der Waals surface area contributed by atoms with Gasteiger partial charge in [0.15, 0.2) is 11.5 Å². The Morgan fingerprint density at radius 1 is 0.484 bits per heavy atom. The summed E-state index contributed by atoms with van der Waals surface area (Å²) >= 11 is 0. The number of carbonyl (C=O) groups is 1. The van der Waals surface area contributed by atoms with Crippen molar-refractivity contribution < 1.29 is 118 Å². The lowest BCUT2D eigenvalue weighted by Gasteiger charge is -2.13. The molecule has 1 aliphatic rings. The van der Waals surface area contributed by atoms with Gasteiger partial charge in [0.05, 0.1) is 13.2 Å². The molecule has 1 aliphatic heterocycles. The highest BCUT2D eigenvalue weighted by molar-refractivity contribution is 9.09. The molecule has 2 aromatic carbocycles. The number of benzene rings is 2. The number of rotatable bonds is 49. The van der Waals surface area contributed by atoms with Gasteiger partial charge in [-0.3, -0.25) is 0 Å². The molecule has 0 saturated heterocycles. The number of fused-ring (bicyclic) bond motifs is 1. The lowest BCUT2D eigenvalue weighted by atomic mass is 10.2. The van der Waals surface area contributed by atoms with Crippen molar-refractivity contribution in [1.29, 1.82) is 0 Å². The fourth-order valence-electron chi connectivity index (χ4n) is 5.06. The van der Waals surface area contributed by atoms with Gasteiger partial charge in [0.1, 0.15) is 61.9 Å². The first-order chi connectivity index (χ1) is 43.6. The molecule has 0 amide bonds. The summed E-state index contributed by atoms with van der Waals surface area (Å²) in [6.07, 6.45) is -2.84. The minimum absolute atomic E-state index is 0. The van der Waals surface area contributed by atoms with Crippen molar-refractivity contribution in [2.45, 2.75) is 70.9 Å². The van der Waals surface area contributed by atoms with E-state index in [0.717, 1.165) is 43.7 Å². The van der Waals surface area contributed by atoms with Gasteiger partial charge in [-0.05, 0) is 58.4 Å². The molecule has 6 unspecified atom stereocenters. The van der Waals surface area contributed by atoms with Crippen molar-refractivity contribution in [1.82, 2.24) is 0 Å². The summed E-state index contributed by atoms with van der Waals surface area (Å²) in [6.45, 7) is 3.14. The maximum Gasteiger partial charge on any atom is 0.345 e. The fourth-order valence-corrected chi connectivity index (χ4v) is 16.0. The van der Waals surface area contributed by atoms with E-state index in [2.05, 4.69) is 48.4 Å². The summed E-state index contributed by atoms with van der Waals surface area (Å²) in [6, 6.07) is 14.8. The van der Waals surface area contributed by atoms with Crippen LogP contribution in [0.3, 0.4) is 0 Å². The van der Waals surface area contributed by atoms with Gasteiger partial charge in [0.25, 0.3) is 50.9 Å². The van der Waals surface area contributed by atoms with Crippen molar-refractivity contribution >= 4 is 108 Å². The Labute approximate surface area is 558 Å². The van der Waals surface area contributed by atoms with Crippen LogP contribution in [0.5, 0.6) is 11.5 Å². The van der Waals surface area contributed by atoms with Crippen molar-refractivity contribution in [2.75, 3.05) is 81.0 Å². The molecule has 6 atom stereocenters. The van der Waals surface area contributed by atoms with E-state index >= 15 is 0 Å². The van der Waals surface area contributed by atoms with Crippen LogP contribution in [-0.2, 0) is 63.7 Å². The summed E-state index contributed by atoms with van der Waals surface area (Å²) in [4.78, 5) is 156. The second-order valence-corrected chi connectivity index (χ2v) is 27.6. The van der Waals surface area contributed by atoms with E-state index < -0.39 is 114 Å². The second kappa shape index (κ2) is 53.9. The van der Waals surface area contributed by atoms with E-state index in [1.807, 2.05) is 30.3 Å². The number of ether oxygens (including phenoxy) is 3. The van der Waals surface area contributed by atoms with Crippen LogP contribution in [0.2, 0.25) is 0 Å². The Morgan fingerprint density at radius 2 is 0.871 bits per heavy atom. The van der Waals surface area contributed by atoms with Crippen LogP contribution in [0.25, 0.3) is 6.08 Å². The zero-order valence-electron chi connectivity index (χ0n) is 47.3. The summed E-state index contributed by atoms with van der Waals surface area (Å²) in [5.41, 5.74) is 1.78. The highest BCUT2D eigenvalue weighted by Gasteiger charge is 2.22. The lowest BCUT2D eigenvalue weighted by molar-refractivity contribution is -0.788. The Hall–Kier alpha value is -7.60. The van der Waals surface area contributed by atoms with Crippen LogP contribution >= 0.6 is 96.2 Å². The molecule has 93 heavy (non-hydrogen) atoms. The molecule has 0 aromatic heterocycles. The third-order valence-corrected chi connectivity index (χ3v) is 20.6. The average molecular weight is 1510 g/mol. The van der Waals surface area contributed by atoms with Crippen molar-refractivity contribution in [3.63, 3.8) is 0 Å². The second-order valence-electron chi connectivity index (χ2n) is 15.8. The summed E-state index contributed by atoms with van der Waals surface area (Å²) < 4.78 is 15.5. The monoisotopic (exact) mass is 1510 g/mol. The third-order valence-electron chi connectivity index (χ3n) is 8.83. The number of hydrogen-bond donors (Lipinski definition) is 0. The van der Waals surface area contributed by atoms with E-state index in [1.165, 1.54) is 63.8 Å². The van der Waals surface area contributed by atoms with Gasteiger partial charge in [-0.25, -0.2) is 4.79 Å². The fraction of sp³-hybridized carbons (Fsp3) is 0.625. The average Bonchev–Trinajstić information content (AvgIpc) is 1.87. The summed E-state index contributed by atoms with van der Waals surface area (Å²) in [7, 11) is 10.9. The van der Waals surface area contributed by atoms with Crippen molar-refractivity contribution in [3.05, 3.63) is 166 Å². The quantitative estimate of drug-likeness (QED) is 0.0150. The third kappa shape index (κ3) is 51.6. The maximum atomic E-state index is 12.2. The molecule has 526 valence electrons. The number of nitrogens with zero attached hydrogens (tertiary/aromatic N) is 10. The topological polar surface area (TPSA) is 568 Å². The Balaban J connectivity index is 0. The number of carbonyl (C=O) groups excluding carboxylic acids is 1. The van der Waals surface area contributed by atoms with Gasteiger partial charge in [-0.1, -0.05) is 144 Å². The Bertz CT molecular complexity index is 2630. The van der Waals surface area contributed by atoms with Crippen LogP contribution in [0.15, 0.2) is 53.4 Å². The first kappa shape index (κ1) is 87.5. The first-order valence-corrected chi connectivity index (χ1v) is 35.7. The SMILES string of the molecule is C.CC(CO[N+](=O)[O-])CSSCC(CO[N+](=O)[O-])O[N+](=O)[O-].CCC(CSSSCC(CO[N+](=O)[O-])O[N+](=O)[O-])O[N+](=O)[O-].CCOC(=O)/C(=C/c1ccc2c(c1)OCO2)SSCC(CO[N+](=O)[O-])O[N+](=O)[O-].O=[N+]([O-])OCC(CSSCc1ccccc1)O[N+](=O)[O-]. The zero-order chi connectivity index (χ0) is 69.2. The van der Waals surface area contributed by atoms with Crippen LogP contribution in [0.4, 0.5) is 0 Å². The van der Waals surface area contributed by atoms with Crippen LogP contribution < -0.4 is 9.47 Å². The predicted octanol–water partition coefficient (Wildman–Crippen LogP) is 8.26. The molecule has 0 bridgehead atoms. The minimum atomic E-state index is -1.19. The molecule has 0 radical (unpaired) electrons. The van der Waals surface area contributed by atoms with Gasteiger partial charge >= 0.3 is 5.97 Å². The molecule has 0 N–H and O–H groups in total. The molecule has 3 rings (SSSR count). The van der Waals surface area contributed by atoms with Gasteiger partial charge in [-0.15, -0.1) is 101 Å². The van der Waals surface area contributed by atoms with E-state index in [0.29, 0.717) is 35.0 Å². The van der Waals surface area contributed by atoms with Crippen LogP contribution in [0, 0.1) is 107 Å². The molecular weight excluding hydrogens is 1450 g/mol. The predicted molar refractivity (Wildman–Crippen MR) is 335 cm³/mol. The van der Waals surface area contributed by atoms with Crippen LogP contribution in [0.1, 0.15) is 45.7 Å². The van der Waals surface area contributed by atoms with E-state index in [1.54, 1.807) is 45.0 Å². The highest BCUT2D eigenvalue weighted by Crippen LogP contribution is 2.38. The molecule has 44 nitrogen and oxygen atoms in total. The van der Waals surface area contributed by atoms with Crippen molar-refractivity contribution in [2.24, 2.45) is 5.92 Å². The molecule has 0 aliphatic carbocycles.